The molecular formula is C19H23N5. The minimum absolute atomic E-state index is 0.565. The lowest BCUT2D eigenvalue weighted by atomic mass is 10.1. The highest BCUT2D eigenvalue weighted by molar-refractivity contribution is 5.32. The van der Waals surface area contributed by atoms with Crippen LogP contribution < -0.4 is 0 Å². The summed E-state index contributed by atoms with van der Waals surface area (Å²) in [6, 6.07) is 10.3. The summed E-state index contributed by atoms with van der Waals surface area (Å²) >= 11 is 0. The number of aryl methyl sites for hydroxylation is 3. The molecule has 0 aliphatic heterocycles. The Hall–Kier alpha value is -2.43. The van der Waals surface area contributed by atoms with Gasteiger partial charge in [0.1, 0.15) is 5.82 Å². The zero-order valence-electron chi connectivity index (χ0n) is 14.5. The van der Waals surface area contributed by atoms with E-state index in [2.05, 4.69) is 31.1 Å². The molecule has 5 heteroatoms. The van der Waals surface area contributed by atoms with Crippen molar-refractivity contribution in [1.82, 2.24) is 24.5 Å². The monoisotopic (exact) mass is 321 g/mol. The lowest BCUT2D eigenvalue weighted by Gasteiger charge is -2.06. The Bertz CT molecular complexity index is 856. The molecule has 3 aromatic rings. The van der Waals surface area contributed by atoms with Gasteiger partial charge in [-0.25, -0.2) is 9.67 Å². The van der Waals surface area contributed by atoms with Crippen molar-refractivity contribution in [3.05, 3.63) is 58.9 Å². The van der Waals surface area contributed by atoms with Gasteiger partial charge in [-0.15, -0.1) is 0 Å². The lowest BCUT2D eigenvalue weighted by Crippen LogP contribution is -2.05. The third-order valence-corrected chi connectivity index (χ3v) is 4.89. The van der Waals surface area contributed by atoms with Crippen LogP contribution in [-0.4, -0.2) is 24.5 Å². The number of benzene rings is 1. The van der Waals surface area contributed by atoms with E-state index in [1.165, 1.54) is 24.1 Å². The summed E-state index contributed by atoms with van der Waals surface area (Å²) < 4.78 is 3.98. The number of hydrogen-bond donors (Lipinski definition) is 0. The fourth-order valence-electron chi connectivity index (χ4n) is 3.23. The van der Waals surface area contributed by atoms with Crippen LogP contribution in [0, 0.1) is 13.8 Å². The van der Waals surface area contributed by atoms with Crippen LogP contribution in [0.15, 0.2) is 30.3 Å². The zero-order chi connectivity index (χ0) is 16.7. The van der Waals surface area contributed by atoms with Gasteiger partial charge in [-0.05, 0) is 50.8 Å². The average Bonchev–Trinajstić information content (AvgIpc) is 3.30. The third kappa shape index (κ3) is 2.75. The fraction of sp³-hybridized carbons (Fsp3) is 0.421. The maximum absolute atomic E-state index is 4.85. The predicted octanol–water partition coefficient (Wildman–Crippen LogP) is 3.28. The second kappa shape index (κ2) is 5.89. The largest absolute Gasteiger partial charge is 0.272 e. The van der Waals surface area contributed by atoms with Gasteiger partial charge in [0.05, 0.1) is 11.4 Å². The van der Waals surface area contributed by atoms with Crippen LogP contribution in [0.2, 0.25) is 0 Å². The van der Waals surface area contributed by atoms with Gasteiger partial charge in [0.15, 0.2) is 5.82 Å². The highest BCUT2D eigenvalue weighted by Gasteiger charge is 2.29. The van der Waals surface area contributed by atoms with E-state index < -0.39 is 0 Å². The van der Waals surface area contributed by atoms with Crippen LogP contribution in [0.5, 0.6) is 0 Å². The van der Waals surface area contributed by atoms with E-state index in [0.717, 1.165) is 35.9 Å². The number of para-hydroxylation sites is 1. The molecule has 0 unspecified atom stereocenters. The van der Waals surface area contributed by atoms with E-state index in [0.29, 0.717) is 5.92 Å². The smallest absolute Gasteiger partial charge is 0.154 e. The van der Waals surface area contributed by atoms with Crippen LogP contribution in [0.25, 0.3) is 5.69 Å². The molecule has 1 fully saturated rings. The Morgan fingerprint density at radius 2 is 1.79 bits per heavy atom. The van der Waals surface area contributed by atoms with E-state index in [1.54, 1.807) is 0 Å². The molecule has 1 aliphatic carbocycles. The summed E-state index contributed by atoms with van der Waals surface area (Å²) in [6.45, 7) is 4.22. The molecule has 2 aromatic heterocycles. The SMILES string of the molecule is Cc1nn(C)c(C)c1CCc1nc(C2CC2)nn1-c1ccccc1. The van der Waals surface area contributed by atoms with Gasteiger partial charge in [0, 0.05) is 25.1 Å². The van der Waals surface area contributed by atoms with Gasteiger partial charge < -0.3 is 0 Å². The van der Waals surface area contributed by atoms with Gasteiger partial charge in [-0.2, -0.15) is 10.2 Å². The van der Waals surface area contributed by atoms with Crippen LogP contribution in [0.1, 0.15) is 47.4 Å². The predicted molar refractivity (Wildman–Crippen MR) is 93.4 cm³/mol. The normalized spacial score (nSPS) is 14.3. The molecule has 0 atom stereocenters. The minimum Gasteiger partial charge on any atom is -0.272 e. The van der Waals surface area contributed by atoms with Crippen LogP contribution in [0.3, 0.4) is 0 Å². The van der Waals surface area contributed by atoms with Crippen molar-refractivity contribution in [3.63, 3.8) is 0 Å². The number of hydrogen-bond acceptors (Lipinski definition) is 3. The molecule has 5 nitrogen and oxygen atoms in total. The Morgan fingerprint density at radius 3 is 2.42 bits per heavy atom. The second-order valence-electron chi connectivity index (χ2n) is 6.68. The maximum Gasteiger partial charge on any atom is 0.154 e. The molecule has 2 heterocycles. The van der Waals surface area contributed by atoms with E-state index in [4.69, 9.17) is 10.1 Å². The van der Waals surface area contributed by atoms with E-state index in [-0.39, 0.29) is 0 Å². The van der Waals surface area contributed by atoms with Gasteiger partial charge in [-0.1, -0.05) is 18.2 Å². The van der Waals surface area contributed by atoms with Crippen molar-refractivity contribution in [2.24, 2.45) is 7.05 Å². The highest BCUT2D eigenvalue weighted by atomic mass is 15.4. The summed E-state index contributed by atoms with van der Waals surface area (Å²) in [6.07, 6.45) is 4.27. The minimum atomic E-state index is 0.565. The maximum atomic E-state index is 4.85. The summed E-state index contributed by atoms with van der Waals surface area (Å²) in [5, 5.41) is 9.31. The summed E-state index contributed by atoms with van der Waals surface area (Å²) in [5.74, 6) is 2.62. The van der Waals surface area contributed by atoms with Gasteiger partial charge in [0.2, 0.25) is 0 Å². The third-order valence-electron chi connectivity index (χ3n) is 4.89. The molecule has 0 radical (unpaired) electrons. The number of nitrogens with zero attached hydrogens (tertiary/aromatic N) is 5. The molecule has 1 aliphatic rings. The molecule has 0 bridgehead atoms. The molecule has 0 saturated heterocycles. The van der Waals surface area contributed by atoms with E-state index in [1.807, 2.05) is 34.6 Å². The Labute approximate surface area is 142 Å². The zero-order valence-corrected chi connectivity index (χ0v) is 14.5. The highest BCUT2D eigenvalue weighted by Crippen LogP contribution is 2.38. The Kier molecular flexibility index (Phi) is 3.71. The topological polar surface area (TPSA) is 48.5 Å². The first-order valence-electron chi connectivity index (χ1n) is 8.64. The summed E-state index contributed by atoms with van der Waals surface area (Å²) in [5.41, 5.74) is 4.77. The molecule has 24 heavy (non-hydrogen) atoms. The molecule has 0 spiro atoms. The van der Waals surface area contributed by atoms with Crippen LogP contribution in [0.4, 0.5) is 0 Å². The Balaban J connectivity index is 1.64. The number of aromatic nitrogens is 5. The van der Waals surface area contributed by atoms with Gasteiger partial charge in [-0.3, -0.25) is 4.68 Å². The molecule has 1 saturated carbocycles. The average molecular weight is 321 g/mol. The van der Waals surface area contributed by atoms with Gasteiger partial charge >= 0.3 is 0 Å². The molecule has 1 aromatic carbocycles. The van der Waals surface area contributed by atoms with Crippen molar-refractivity contribution in [1.29, 1.82) is 0 Å². The first kappa shape index (κ1) is 15.1. The molecular weight excluding hydrogens is 298 g/mol. The molecule has 0 amide bonds. The van der Waals surface area contributed by atoms with Crippen molar-refractivity contribution in [2.45, 2.75) is 45.4 Å². The van der Waals surface area contributed by atoms with Gasteiger partial charge in [0.25, 0.3) is 0 Å². The second-order valence-corrected chi connectivity index (χ2v) is 6.68. The van der Waals surface area contributed by atoms with Crippen molar-refractivity contribution in [2.75, 3.05) is 0 Å². The summed E-state index contributed by atoms with van der Waals surface area (Å²) in [4.78, 5) is 4.85. The standard InChI is InChI=1S/C19H23N5/c1-13-17(14(2)23(3)21-13)11-12-18-20-19(15-9-10-15)22-24(18)16-7-5-4-6-8-16/h4-8,15H,9-12H2,1-3H3. The van der Waals surface area contributed by atoms with Crippen molar-refractivity contribution in [3.8, 4) is 5.69 Å². The lowest BCUT2D eigenvalue weighted by molar-refractivity contribution is 0.728. The fourth-order valence-corrected chi connectivity index (χ4v) is 3.23. The first-order chi connectivity index (χ1) is 11.6. The van der Waals surface area contributed by atoms with E-state index >= 15 is 0 Å². The van der Waals surface area contributed by atoms with E-state index in [9.17, 15) is 0 Å². The number of rotatable bonds is 5. The first-order valence-corrected chi connectivity index (χ1v) is 8.64. The van der Waals surface area contributed by atoms with Crippen LogP contribution >= 0.6 is 0 Å². The van der Waals surface area contributed by atoms with Crippen molar-refractivity contribution < 1.29 is 0 Å². The molecule has 124 valence electrons. The summed E-state index contributed by atoms with van der Waals surface area (Å²) in [7, 11) is 2.00. The Morgan fingerprint density at radius 1 is 1.04 bits per heavy atom. The molecule has 0 N–H and O–H groups in total. The van der Waals surface area contributed by atoms with Crippen molar-refractivity contribution >= 4 is 0 Å². The van der Waals surface area contributed by atoms with Crippen LogP contribution in [-0.2, 0) is 19.9 Å². The quantitative estimate of drug-likeness (QED) is 0.724. The molecule has 4 rings (SSSR count).